The van der Waals surface area contributed by atoms with Crippen LogP contribution in [0.5, 0.6) is 0 Å². The molecule has 0 unspecified atom stereocenters. The molecule has 3 aromatic carbocycles. The number of amides is 2. The van der Waals surface area contributed by atoms with Crippen molar-refractivity contribution in [3.05, 3.63) is 99.1 Å². The summed E-state index contributed by atoms with van der Waals surface area (Å²) in [5.41, 5.74) is 6.48. The molecule has 4 aromatic rings. The molecule has 2 N–H and O–H groups in total. The molecule has 0 spiro atoms. The van der Waals surface area contributed by atoms with Crippen LogP contribution in [0.1, 0.15) is 33.6 Å². The highest BCUT2D eigenvalue weighted by Crippen LogP contribution is 2.25. The summed E-state index contributed by atoms with van der Waals surface area (Å²) in [6, 6.07) is 16.6. The van der Waals surface area contributed by atoms with E-state index >= 15 is 0 Å². The van der Waals surface area contributed by atoms with Crippen LogP contribution in [0.15, 0.2) is 76.7 Å². The number of nitrogens with two attached hydrogens (primary N) is 1. The molecule has 1 aromatic heterocycles. The van der Waals surface area contributed by atoms with Gasteiger partial charge in [0.15, 0.2) is 10.9 Å². The van der Waals surface area contributed by atoms with Crippen LogP contribution in [0.4, 0.5) is 4.39 Å². The normalized spacial score (nSPS) is 13.9. The minimum absolute atomic E-state index is 0.0196. The number of hydrogen-bond donors (Lipinski definition) is 1. The monoisotopic (exact) mass is 578 g/mol. The molecule has 1 saturated heterocycles. The largest absolute Gasteiger partial charge is 0.369 e. The van der Waals surface area contributed by atoms with Crippen LogP contribution in [0.2, 0.25) is 5.02 Å². The maximum absolute atomic E-state index is 13.6. The van der Waals surface area contributed by atoms with E-state index in [-0.39, 0.29) is 39.8 Å². The van der Waals surface area contributed by atoms with Crippen molar-refractivity contribution in [2.75, 3.05) is 18.8 Å². The van der Waals surface area contributed by atoms with E-state index in [9.17, 15) is 23.6 Å². The van der Waals surface area contributed by atoms with Crippen molar-refractivity contribution in [2.24, 2.45) is 11.7 Å². The van der Waals surface area contributed by atoms with Gasteiger partial charge in [-0.1, -0.05) is 23.4 Å². The third kappa shape index (κ3) is 5.78. The van der Waals surface area contributed by atoms with Crippen LogP contribution in [-0.4, -0.2) is 50.9 Å². The summed E-state index contributed by atoms with van der Waals surface area (Å²) in [6.07, 6.45) is 0.995. The van der Waals surface area contributed by atoms with Crippen molar-refractivity contribution in [2.45, 2.75) is 18.0 Å². The number of fused-ring (bicyclic) bond motifs is 1. The van der Waals surface area contributed by atoms with Gasteiger partial charge in [0.1, 0.15) is 5.82 Å². The first-order valence-corrected chi connectivity index (χ1v) is 13.9. The van der Waals surface area contributed by atoms with Gasteiger partial charge in [0, 0.05) is 35.2 Å². The van der Waals surface area contributed by atoms with E-state index in [2.05, 4.69) is 4.98 Å². The molecule has 0 bridgehead atoms. The average Bonchev–Trinajstić information content (AvgIpc) is 2.96. The molecule has 0 radical (unpaired) electrons. The zero-order valence-electron chi connectivity index (χ0n) is 21.2. The molecule has 1 aliphatic rings. The Bertz CT molecular complexity index is 1670. The van der Waals surface area contributed by atoms with Crippen molar-refractivity contribution in [3.63, 3.8) is 0 Å². The van der Waals surface area contributed by atoms with Gasteiger partial charge in [-0.05, 0) is 79.6 Å². The Kier molecular flexibility index (Phi) is 7.99. The fraction of sp³-hybridized carbons (Fsp3) is 0.207. The van der Waals surface area contributed by atoms with Gasteiger partial charge >= 0.3 is 0 Å². The number of likely N-dealkylation sites (tertiary alicyclic amines) is 1. The Balaban J connectivity index is 1.49. The third-order valence-electron chi connectivity index (χ3n) is 6.85. The van der Waals surface area contributed by atoms with Gasteiger partial charge < -0.3 is 10.6 Å². The summed E-state index contributed by atoms with van der Waals surface area (Å²) < 4.78 is 15.0. The van der Waals surface area contributed by atoms with Gasteiger partial charge in [-0.2, -0.15) is 0 Å². The molecule has 2 heterocycles. The van der Waals surface area contributed by atoms with Crippen LogP contribution >= 0.6 is 23.4 Å². The maximum atomic E-state index is 13.6. The van der Waals surface area contributed by atoms with Crippen molar-refractivity contribution in [1.82, 2.24) is 14.5 Å². The summed E-state index contributed by atoms with van der Waals surface area (Å²) in [4.78, 5) is 57.5. The van der Waals surface area contributed by atoms with Gasteiger partial charge in [-0.15, -0.1) is 0 Å². The van der Waals surface area contributed by atoms with Crippen LogP contribution in [0.25, 0.3) is 16.6 Å². The molecule has 40 heavy (non-hydrogen) atoms. The summed E-state index contributed by atoms with van der Waals surface area (Å²) in [5, 5.41) is 0.994. The molecule has 2 amide bonds. The topological polar surface area (TPSA) is 115 Å². The standard InChI is InChI=1S/C29H24ClFN4O4S/c30-20-4-1-17(2-5-20)25(36)16-40-29-33-24-15-19(27(38)34-13-11-18(12-14-34)26(32)37)3-10-23(24)28(39)35(29)22-8-6-21(31)7-9-22/h1-10,15,18H,11-14,16H2,(H2,32,37). The summed E-state index contributed by atoms with van der Waals surface area (Å²) in [5.74, 6) is -1.51. The van der Waals surface area contributed by atoms with Gasteiger partial charge in [-0.3, -0.25) is 23.7 Å². The first kappa shape index (κ1) is 27.5. The summed E-state index contributed by atoms with van der Waals surface area (Å²) in [7, 11) is 0. The van der Waals surface area contributed by atoms with Gasteiger partial charge in [-0.25, -0.2) is 9.37 Å². The fourth-order valence-corrected chi connectivity index (χ4v) is 5.65. The number of ketones is 1. The van der Waals surface area contributed by atoms with Crippen molar-refractivity contribution in [1.29, 1.82) is 0 Å². The van der Waals surface area contributed by atoms with E-state index in [1.807, 2.05) is 0 Å². The van der Waals surface area contributed by atoms with E-state index in [4.69, 9.17) is 17.3 Å². The number of carbonyl (C=O) groups is 3. The number of aromatic nitrogens is 2. The van der Waals surface area contributed by atoms with Crippen LogP contribution in [0.3, 0.4) is 0 Å². The number of nitrogens with zero attached hydrogens (tertiary/aromatic N) is 3. The van der Waals surface area contributed by atoms with Crippen LogP contribution < -0.4 is 11.3 Å². The number of Topliss-reactive ketones (excluding diaryl/α,β-unsaturated/α-hetero) is 1. The minimum Gasteiger partial charge on any atom is -0.369 e. The molecule has 5 rings (SSSR count). The molecule has 11 heteroatoms. The lowest BCUT2D eigenvalue weighted by atomic mass is 9.96. The highest BCUT2D eigenvalue weighted by Gasteiger charge is 2.27. The van der Waals surface area contributed by atoms with Crippen molar-refractivity contribution >= 4 is 51.9 Å². The molecule has 204 valence electrons. The molecule has 1 fully saturated rings. The second-order valence-corrected chi connectivity index (χ2v) is 10.8. The fourth-order valence-electron chi connectivity index (χ4n) is 4.61. The number of thioether (sulfide) groups is 1. The van der Waals surface area contributed by atoms with Gasteiger partial charge in [0.05, 0.1) is 22.3 Å². The molecule has 0 aliphatic carbocycles. The highest BCUT2D eigenvalue weighted by molar-refractivity contribution is 7.99. The van der Waals surface area contributed by atoms with Gasteiger partial charge in [0.25, 0.3) is 11.5 Å². The van der Waals surface area contributed by atoms with E-state index < -0.39 is 11.4 Å². The second kappa shape index (κ2) is 11.6. The Morgan fingerprint density at radius 1 is 0.975 bits per heavy atom. The third-order valence-corrected chi connectivity index (χ3v) is 8.04. The van der Waals surface area contributed by atoms with E-state index in [1.165, 1.54) is 28.8 Å². The van der Waals surface area contributed by atoms with E-state index in [0.29, 0.717) is 53.3 Å². The minimum atomic E-state index is -0.458. The van der Waals surface area contributed by atoms with Crippen molar-refractivity contribution in [3.8, 4) is 5.69 Å². The predicted molar refractivity (Wildman–Crippen MR) is 152 cm³/mol. The number of rotatable bonds is 7. The van der Waals surface area contributed by atoms with E-state index in [0.717, 1.165) is 11.8 Å². The number of piperidine rings is 1. The van der Waals surface area contributed by atoms with Crippen LogP contribution in [0, 0.1) is 11.7 Å². The van der Waals surface area contributed by atoms with Crippen LogP contribution in [-0.2, 0) is 4.79 Å². The SMILES string of the molecule is NC(=O)C1CCN(C(=O)c2ccc3c(=O)n(-c4ccc(F)cc4)c(SCC(=O)c4ccc(Cl)cc4)nc3c2)CC1. The summed E-state index contributed by atoms with van der Waals surface area (Å²) in [6.45, 7) is 0.802. The Hall–Kier alpha value is -4.02. The van der Waals surface area contributed by atoms with E-state index in [1.54, 1.807) is 47.4 Å². The van der Waals surface area contributed by atoms with Gasteiger partial charge in [0.2, 0.25) is 5.91 Å². The average molecular weight is 579 g/mol. The lowest BCUT2D eigenvalue weighted by Gasteiger charge is -2.30. The molecule has 0 atom stereocenters. The Morgan fingerprint density at radius 2 is 1.62 bits per heavy atom. The first-order chi connectivity index (χ1) is 19.2. The maximum Gasteiger partial charge on any atom is 0.266 e. The molecular weight excluding hydrogens is 555 g/mol. The highest BCUT2D eigenvalue weighted by atomic mass is 35.5. The number of carbonyl (C=O) groups excluding carboxylic acids is 3. The second-order valence-electron chi connectivity index (χ2n) is 9.43. The number of halogens is 2. The Morgan fingerprint density at radius 3 is 2.27 bits per heavy atom. The lowest BCUT2D eigenvalue weighted by Crippen LogP contribution is -2.41. The number of hydrogen-bond acceptors (Lipinski definition) is 6. The molecular formula is C29H24ClFN4O4S. The molecule has 1 aliphatic heterocycles. The zero-order chi connectivity index (χ0) is 28.4. The quantitative estimate of drug-likeness (QED) is 0.196. The smallest absolute Gasteiger partial charge is 0.266 e. The predicted octanol–water partition coefficient (Wildman–Crippen LogP) is 4.49. The lowest BCUT2D eigenvalue weighted by molar-refractivity contribution is -0.123. The number of primary amides is 1. The summed E-state index contributed by atoms with van der Waals surface area (Å²) >= 11 is 6.99. The first-order valence-electron chi connectivity index (χ1n) is 12.5. The number of benzene rings is 3. The Labute approximate surface area is 237 Å². The molecule has 0 saturated carbocycles. The zero-order valence-corrected chi connectivity index (χ0v) is 22.8. The van der Waals surface area contributed by atoms with Crippen molar-refractivity contribution < 1.29 is 18.8 Å². The molecule has 8 nitrogen and oxygen atoms in total.